The van der Waals surface area contributed by atoms with Crippen LogP contribution >= 0.6 is 0 Å². The van der Waals surface area contributed by atoms with Crippen LogP contribution in [-0.2, 0) is 0 Å². The van der Waals surface area contributed by atoms with Crippen molar-refractivity contribution >= 4 is 5.91 Å². The number of nitrogens with zero attached hydrogens (tertiary/aromatic N) is 2. The SMILES string of the molecule is CC(C)(CO)CNC(=O)c1ccc(=O)n(-c2ccccc2F)n1. The number of aromatic nitrogens is 2. The summed E-state index contributed by atoms with van der Waals surface area (Å²) >= 11 is 0. The first-order chi connectivity index (χ1) is 10.8. The zero-order valence-electron chi connectivity index (χ0n) is 12.9. The number of carbonyl (C=O) groups is 1. The maximum Gasteiger partial charge on any atom is 0.271 e. The molecule has 1 amide bonds. The Labute approximate surface area is 132 Å². The highest BCUT2D eigenvalue weighted by Crippen LogP contribution is 2.12. The average molecular weight is 319 g/mol. The Morgan fingerprint density at radius 2 is 2.00 bits per heavy atom. The number of hydrogen-bond acceptors (Lipinski definition) is 4. The van der Waals surface area contributed by atoms with Gasteiger partial charge in [0.1, 0.15) is 17.2 Å². The molecular formula is C16H18FN3O3. The quantitative estimate of drug-likeness (QED) is 0.865. The Morgan fingerprint density at radius 3 is 2.65 bits per heavy atom. The van der Waals surface area contributed by atoms with Crippen LogP contribution in [-0.4, -0.2) is 33.9 Å². The topological polar surface area (TPSA) is 84.2 Å². The number of nitrogens with one attached hydrogen (secondary N) is 1. The van der Waals surface area contributed by atoms with Crippen molar-refractivity contribution in [2.24, 2.45) is 5.41 Å². The number of rotatable bonds is 5. The first kappa shape index (κ1) is 16.8. The Kier molecular flexibility index (Phi) is 4.90. The van der Waals surface area contributed by atoms with Crippen LogP contribution in [0.4, 0.5) is 4.39 Å². The lowest BCUT2D eigenvalue weighted by Gasteiger charge is -2.21. The summed E-state index contributed by atoms with van der Waals surface area (Å²) in [7, 11) is 0. The van der Waals surface area contributed by atoms with E-state index in [2.05, 4.69) is 10.4 Å². The molecule has 0 spiro atoms. The number of carbonyl (C=O) groups excluding carboxylic acids is 1. The Morgan fingerprint density at radius 1 is 1.30 bits per heavy atom. The van der Waals surface area contributed by atoms with Crippen molar-refractivity contribution < 1.29 is 14.3 Å². The molecule has 2 N–H and O–H groups in total. The van der Waals surface area contributed by atoms with Crippen LogP contribution < -0.4 is 10.9 Å². The minimum atomic E-state index is -0.610. The standard InChI is InChI=1S/C16H18FN3O3/c1-16(2,10-21)9-18-15(23)12-7-8-14(22)20(19-12)13-6-4-3-5-11(13)17/h3-8,21H,9-10H2,1-2H3,(H,18,23). The molecule has 122 valence electrons. The minimum Gasteiger partial charge on any atom is -0.396 e. The van der Waals surface area contributed by atoms with Gasteiger partial charge < -0.3 is 10.4 Å². The monoisotopic (exact) mass is 319 g/mol. The summed E-state index contributed by atoms with van der Waals surface area (Å²) in [6, 6.07) is 8.12. The molecule has 6 nitrogen and oxygen atoms in total. The van der Waals surface area contributed by atoms with Gasteiger partial charge in [0.05, 0.1) is 0 Å². The van der Waals surface area contributed by atoms with Gasteiger partial charge in [0.15, 0.2) is 0 Å². The van der Waals surface area contributed by atoms with Crippen molar-refractivity contribution in [1.29, 1.82) is 0 Å². The van der Waals surface area contributed by atoms with E-state index < -0.39 is 22.7 Å². The summed E-state index contributed by atoms with van der Waals surface area (Å²) in [5.41, 5.74) is -1.05. The lowest BCUT2D eigenvalue weighted by atomic mass is 9.95. The Hall–Kier alpha value is -2.54. The molecule has 0 aliphatic heterocycles. The molecule has 23 heavy (non-hydrogen) atoms. The molecule has 0 fully saturated rings. The summed E-state index contributed by atoms with van der Waals surface area (Å²) in [6.07, 6.45) is 0. The van der Waals surface area contributed by atoms with Gasteiger partial charge in [-0.05, 0) is 18.2 Å². The van der Waals surface area contributed by atoms with E-state index in [-0.39, 0.29) is 24.5 Å². The number of para-hydroxylation sites is 1. The molecule has 0 unspecified atom stereocenters. The maximum atomic E-state index is 13.8. The van der Waals surface area contributed by atoms with E-state index in [1.807, 2.05) is 0 Å². The largest absolute Gasteiger partial charge is 0.396 e. The molecule has 2 rings (SSSR count). The van der Waals surface area contributed by atoms with Crippen molar-refractivity contribution in [2.45, 2.75) is 13.8 Å². The number of aliphatic hydroxyl groups excluding tert-OH is 1. The van der Waals surface area contributed by atoms with Crippen molar-refractivity contribution in [2.75, 3.05) is 13.2 Å². The zero-order valence-corrected chi connectivity index (χ0v) is 12.9. The van der Waals surface area contributed by atoms with E-state index in [4.69, 9.17) is 0 Å². The molecule has 1 heterocycles. The fraction of sp³-hybridized carbons (Fsp3) is 0.312. The highest BCUT2D eigenvalue weighted by atomic mass is 19.1. The van der Waals surface area contributed by atoms with Gasteiger partial charge in [0.25, 0.3) is 11.5 Å². The maximum absolute atomic E-state index is 13.8. The molecule has 0 atom stereocenters. The summed E-state index contributed by atoms with van der Waals surface area (Å²) in [4.78, 5) is 24.0. The first-order valence-corrected chi connectivity index (χ1v) is 7.08. The molecule has 0 saturated carbocycles. The van der Waals surface area contributed by atoms with Crippen molar-refractivity contribution in [1.82, 2.24) is 15.1 Å². The number of amides is 1. The van der Waals surface area contributed by atoms with E-state index in [1.165, 1.54) is 24.3 Å². The zero-order chi connectivity index (χ0) is 17.0. The highest BCUT2D eigenvalue weighted by Gasteiger charge is 2.19. The smallest absolute Gasteiger partial charge is 0.271 e. The van der Waals surface area contributed by atoms with E-state index >= 15 is 0 Å². The van der Waals surface area contributed by atoms with Crippen LogP contribution in [0.25, 0.3) is 5.69 Å². The van der Waals surface area contributed by atoms with Crippen molar-refractivity contribution in [3.63, 3.8) is 0 Å². The molecule has 0 aliphatic carbocycles. The third-order valence-corrected chi connectivity index (χ3v) is 3.27. The van der Waals surface area contributed by atoms with E-state index in [1.54, 1.807) is 19.9 Å². The summed E-state index contributed by atoms with van der Waals surface area (Å²) in [5, 5.41) is 15.7. The Balaban J connectivity index is 2.29. The first-order valence-electron chi connectivity index (χ1n) is 7.08. The summed E-state index contributed by atoms with van der Waals surface area (Å²) in [6.45, 7) is 3.74. The fourth-order valence-electron chi connectivity index (χ4n) is 1.79. The van der Waals surface area contributed by atoms with Gasteiger partial charge in [-0.15, -0.1) is 0 Å². The number of hydrogen-bond donors (Lipinski definition) is 2. The molecule has 0 saturated heterocycles. The third-order valence-electron chi connectivity index (χ3n) is 3.27. The fourth-order valence-corrected chi connectivity index (χ4v) is 1.79. The van der Waals surface area contributed by atoms with Crippen LogP contribution in [0.2, 0.25) is 0 Å². The summed E-state index contributed by atoms with van der Waals surface area (Å²) in [5.74, 6) is -1.11. The second kappa shape index (κ2) is 6.70. The Bertz CT molecular complexity index is 771. The van der Waals surface area contributed by atoms with Gasteiger partial charge >= 0.3 is 0 Å². The van der Waals surface area contributed by atoms with Crippen LogP contribution in [0.1, 0.15) is 24.3 Å². The summed E-state index contributed by atoms with van der Waals surface area (Å²) < 4.78 is 14.7. The van der Waals surface area contributed by atoms with E-state index in [9.17, 15) is 19.1 Å². The van der Waals surface area contributed by atoms with Gasteiger partial charge in [0, 0.05) is 24.6 Å². The van der Waals surface area contributed by atoms with Crippen LogP contribution in [0.15, 0.2) is 41.2 Å². The average Bonchev–Trinajstić information content (AvgIpc) is 2.54. The molecule has 7 heteroatoms. The predicted molar refractivity (Wildman–Crippen MR) is 83.0 cm³/mol. The van der Waals surface area contributed by atoms with Crippen molar-refractivity contribution in [3.05, 3.63) is 58.3 Å². The normalized spacial score (nSPS) is 11.3. The second-order valence-corrected chi connectivity index (χ2v) is 5.93. The predicted octanol–water partition coefficient (Wildman–Crippen LogP) is 1.12. The van der Waals surface area contributed by atoms with Gasteiger partial charge in [-0.25, -0.2) is 4.39 Å². The number of aliphatic hydroxyl groups is 1. The van der Waals surface area contributed by atoms with Gasteiger partial charge in [0.2, 0.25) is 0 Å². The lowest BCUT2D eigenvalue weighted by Crippen LogP contribution is -2.37. The highest BCUT2D eigenvalue weighted by molar-refractivity contribution is 5.92. The molecule has 1 aromatic carbocycles. The van der Waals surface area contributed by atoms with E-state index in [0.29, 0.717) is 0 Å². The van der Waals surface area contributed by atoms with Crippen LogP contribution in [0.5, 0.6) is 0 Å². The minimum absolute atomic E-state index is 0.0124. The van der Waals surface area contributed by atoms with E-state index in [0.717, 1.165) is 10.7 Å². The third kappa shape index (κ3) is 4.01. The van der Waals surface area contributed by atoms with Gasteiger partial charge in [-0.2, -0.15) is 9.78 Å². The molecule has 0 bridgehead atoms. The van der Waals surface area contributed by atoms with Crippen LogP contribution in [0.3, 0.4) is 0 Å². The lowest BCUT2D eigenvalue weighted by molar-refractivity contribution is 0.0904. The molecule has 0 radical (unpaired) electrons. The molecule has 0 aliphatic rings. The second-order valence-electron chi connectivity index (χ2n) is 5.93. The van der Waals surface area contributed by atoms with Gasteiger partial charge in [-0.3, -0.25) is 9.59 Å². The molecular weight excluding hydrogens is 301 g/mol. The number of benzene rings is 1. The molecule has 2 aromatic rings. The van der Waals surface area contributed by atoms with Crippen molar-refractivity contribution in [3.8, 4) is 5.69 Å². The van der Waals surface area contributed by atoms with Crippen LogP contribution in [0, 0.1) is 11.2 Å². The molecule has 1 aromatic heterocycles. The van der Waals surface area contributed by atoms with Gasteiger partial charge in [-0.1, -0.05) is 26.0 Å². The number of halogens is 1.